The highest BCUT2D eigenvalue weighted by Crippen LogP contribution is 2.26. The van der Waals surface area contributed by atoms with Crippen molar-refractivity contribution in [1.29, 1.82) is 0 Å². The second-order valence-corrected chi connectivity index (χ2v) is 10.3. The summed E-state index contributed by atoms with van der Waals surface area (Å²) < 4.78 is 55.3. The first kappa shape index (κ1) is 22.0. The molecule has 2 N–H and O–H groups in total. The van der Waals surface area contributed by atoms with Crippen LogP contribution in [0.1, 0.15) is 17.0 Å². The Morgan fingerprint density at radius 2 is 1.50 bits per heavy atom. The number of nitrogens with zero attached hydrogens (tertiary/aromatic N) is 2. The predicted octanol–water partition coefficient (Wildman–Crippen LogP) is 3.66. The van der Waals surface area contributed by atoms with Crippen LogP contribution in [0.2, 0.25) is 5.02 Å². The van der Waals surface area contributed by atoms with Crippen molar-refractivity contribution in [3.8, 4) is 0 Å². The number of sulfonamides is 2. The van der Waals surface area contributed by atoms with Gasteiger partial charge in [-0.25, -0.2) is 26.8 Å². The summed E-state index contributed by atoms with van der Waals surface area (Å²) in [6, 6.07) is 9.85. The summed E-state index contributed by atoms with van der Waals surface area (Å²) in [5.41, 5.74) is 1.36. The van der Waals surface area contributed by atoms with E-state index in [1.54, 1.807) is 26.8 Å². The van der Waals surface area contributed by atoms with Gasteiger partial charge in [0.05, 0.1) is 9.79 Å². The van der Waals surface area contributed by atoms with Gasteiger partial charge in [0.2, 0.25) is 0 Å². The molecule has 0 fully saturated rings. The normalized spacial score (nSPS) is 11.9. The van der Waals surface area contributed by atoms with Crippen molar-refractivity contribution in [3.63, 3.8) is 0 Å². The van der Waals surface area contributed by atoms with Gasteiger partial charge in [0.15, 0.2) is 0 Å². The van der Waals surface area contributed by atoms with E-state index in [4.69, 9.17) is 11.6 Å². The van der Waals surface area contributed by atoms with E-state index >= 15 is 0 Å². The number of benzene rings is 2. The summed E-state index contributed by atoms with van der Waals surface area (Å²) in [6.07, 6.45) is 1.44. The summed E-state index contributed by atoms with van der Waals surface area (Å²) in [5.74, 6) is 0.563. The monoisotopic (exact) mass is 466 g/mol. The Kier molecular flexibility index (Phi) is 6.02. The van der Waals surface area contributed by atoms with Gasteiger partial charge in [-0.05, 0) is 74.4 Å². The minimum atomic E-state index is -3.89. The molecule has 30 heavy (non-hydrogen) atoms. The molecular weight excluding hydrogens is 448 g/mol. The standard InChI is InChI=1S/C19H19ClN4O4S2/c1-12-11-18(13(2)10-17(12)20)30(27,28)23-15-4-6-16(7-5-15)29(25,26)24-19-8-9-21-14(3)22-19/h4-11,23H,1-3H3,(H,21,22,24). The first-order valence-corrected chi connectivity index (χ1v) is 12.0. The van der Waals surface area contributed by atoms with Crippen LogP contribution in [0.15, 0.2) is 58.5 Å². The second kappa shape index (κ2) is 8.21. The van der Waals surface area contributed by atoms with E-state index < -0.39 is 20.0 Å². The molecule has 0 radical (unpaired) electrons. The lowest BCUT2D eigenvalue weighted by molar-refractivity contribution is 0.599. The van der Waals surface area contributed by atoms with Crippen molar-refractivity contribution >= 4 is 43.2 Å². The average molecular weight is 467 g/mol. The highest BCUT2D eigenvalue weighted by molar-refractivity contribution is 7.93. The molecule has 0 unspecified atom stereocenters. The fourth-order valence-electron chi connectivity index (χ4n) is 2.67. The van der Waals surface area contributed by atoms with E-state index in [2.05, 4.69) is 19.4 Å². The molecule has 0 saturated carbocycles. The Morgan fingerprint density at radius 3 is 2.13 bits per heavy atom. The SMILES string of the molecule is Cc1nccc(NS(=O)(=O)c2ccc(NS(=O)(=O)c3cc(C)c(Cl)cc3C)cc2)n1. The maximum atomic E-state index is 12.7. The van der Waals surface area contributed by atoms with Crippen LogP contribution >= 0.6 is 11.6 Å². The van der Waals surface area contributed by atoms with E-state index in [-0.39, 0.29) is 21.3 Å². The predicted molar refractivity (Wildman–Crippen MR) is 116 cm³/mol. The summed E-state index contributed by atoms with van der Waals surface area (Å²) >= 11 is 6.04. The van der Waals surface area contributed by atoms with E-state index in [0.29, 0.717) is 22.0 Å². The summed E-state index contributed by atoms with van der Waals surface area (Å²) in [4.78, 5) is 7.97. The van der Waals surface area contributed by atoms with Crippen molar-refractivity contribution in [2.75, 3.05) is 9.44 Å². The van der Waals surface area contributed by atoms with Gasteiger partial charge in [-0.1, -0.05) is 11.6 Å². The van der Waals surface area contributed by atoms with Gasteiger partial charge in [-0.15, -0.1) is 0 Å². The molecule has 2 aromatic carbocycles. The number of aromatic nitrogens is 2. The molecule has 0 aliphatic rings. The van der Waals surface area contributed by atoms with Gasteiger partial charge in [0.1, 0.15) is 11.6 Å². The number of halogens is 1. The number of aryl methyl sites for hydroxylation is 3. The summed E-state index contributed by atoms with van der Waals surface area (Å²) in [5, 5.41) is 0.479. The molecule has 0 aliphatic carbocycles. The molecule has 3 rings (SSSR count). The van der Waals surface area contributed by atoms with Gasteiger partial charge >= 0.3 is 0 Å². The van der Waals surface area contributed by atoms with Crippen LogP contribution in [0.5, 0.6) is 0 Å². The molecule has 8 nitrogen and oxygen atoms in total. The third-order valence-corrected chi connectivity index (χ3v) is 7.48. The highest BCUT2D eigenvalue weighted by Gasteiger charge is 2.20. The van der Waals surface area contributed by atoms with Gasteiger partial charge in [-0.3, -0.25) is 9.44 Å². The molecule has 0 amide bonds. The van der Waals surface area contributed by atoms with Crippen molar-refractivity contribution in [3.05, 3.63) is 70.6 Å². The van der Waals surface area contributed by atoms with Gasteiger partial charge < -0.3 is 0 Å². The van der Waals surface area contributed by atoms with Crippen LogP contribution in [-0.2, 0) is 20.0 Å². The van der Waals surface area contributed by atoms with Crippen molar-refractivity contribution in [2.24, 2.45) is 0 Å². The molecule has 0 bridgehead atoms. The number of hydrogen-bond acceptors (Lipinski definition) is 6. The van der Waals surface area contributed by atoms with Crippen LogP contribution in [-0.4, -0.2) is 26.8 Å². The maximum absolute atomic E-state index is 12.7. The summed E-state index contributed by atoms with van der Waals surface area (Å²) in [7, 11) is -7.77. The number of nitrogens with one attached hydrogen (secondary N) is 2. The third kappa shape index (κ3) is 4.89. The first-order chi connectivity index (χ1) is 14.0. The molecule has 0 saturated heterocycles. The molecule has 3 aromatic rings. The number of anilines is 2. The van der Waals surface area contributed by atoms with Gasteiger partial charge in [0.25, 0.3) is 20.0 Å². The zero-order valence-corrected chi connectivity index (χ0v) is 18.7. The van der Waals surface area contributed by atoms with E-state index in [9.17, 15) is 16.8 Å². The largest absolute Gasteiger partial charge is 0.280 e. The molecule has 1 aromatic heterocycles. The van der Waals surface area contributed by atoms with Crippen molar-refractivity contribution in [1.82, 2.24) is 9.97 Å². The highest BCUT2D eigenvalue weighted by atomic mass is 35.5. The van der Waals surface area contributed by atoms with Crippen LogP contribution in [0.3, 0.4) is 0 Å². The van der Waals surface area contributed by atoms with Crippen LogP contribution in [0, 0.1) is 20.8 Å². The van der Waals surface area contributed by atoms with Crippen LogP contribution in [0.4, 0.5) is 11.5 Å². The first-order valence-electron chi connectivity index (χ1n) is 8.70. The van der Waals surface area contributed by atoms with Crippen LogP contribution in [0.25, 0.3) is 0 Å². The zero-order valence-electron chi connectivity index (χ0n) is 16.3. The average Bonchev–Trinajstić information content (AvgIpc) is 2.64. The van der Waals surface area contributed by atoms with Crippen molar-refractivity contribution in [2.45, 2.75) is 30.6 Å². The Morgan fingerprint density at radius 1 is 0.833 bits per heavy atom. The zero-order chi connectivity index (χ0) is 22.1. The lowest BCUT2D eigenvalue weighted by atomic mass is 10.2. The molecule has 158 valence electrons. The third-order valence-electron chi connectivity index (χ3n) is 4.18. The lowest BCUT2D eigenvalue weighted by Crippen LogP contribution is -2.16. The van der Waals surface area contributed by atoms with Gasteiger partial charge in [0, 0.05) is 16.9 Å². The maximum Gasteiger partial charge on any atom is 0.263 e. The smallest absolute Gasteiger partial charge is 0.263 e. The molecule has 11 heteroatoms. The minimum Gasteiger partial charge on any atom is -0.280 e. The van der Waals surface area contributed by atoms with E-state index in [1.807, 2.05) is 0 Å². The van der Waals surface area contributed by atoms with Crippen LogP contribution < -0.4 is 9.44 Å². The molecule has 0 aliphatic heterocycles. The van der Waals surface area contributed by atoms with E-state index in [0.717, 1.165) is 0 Å². The molecule has 0 spiro atoms. The summed E-state index contributed by atoms with van der Waals surface area (Å²) in [6.45, 7) is 5.01. The lowest BCUT2D eigenvalue weighted by Gasteiger charge is -2.13. The number of hydrogen-bond donors (Lipinski definition) is 2. The number of rotatable bonds is 6. The Balaban J connectivity index is 1.83. The van der Waals surface area contributed by atoms with Gasteiger partial charge in [-0.2, -0.15) is 0 Å². The topological polar surface area (TPSA) is 118 Å². The van der Waals surface area contributed by atoms with E-state index in [1.165, 1.54) is 42.6 Å². The second-order valence-electron chi connectivity index (χ2n) is 6.59. The van der Waals surface area contributed by atoms with Crippen molar-refractivity contribution < 1.29 is 16.8 Å². The Labute approximate surface area is 180 Å². The Bertz CT molecular complexity index is 1310. The Hall–Kier alpha value is -2.69. The quantitative estimate of drug-likeness (QED) is 0.572. The minimum absolute atomic E-state index is 0.0415. The molecular formula is C19H19ClN4O4S2. The molecule has 1 heterocycles. The fraction of sp³-hybridized carbons (Fsp3) is 0.158. The fourth-order valence-corrected chi connectivity index (χ4v) is 5.26. The molecule has 0 atom stereocenters.